The van der Waals surface area contributed by atoms with Crippen LogP contribution in [-0.2, 0) is 0 Å². The molecule has 1 aliphatic heterocycles. The Hall–Kier alpha value is -0.830. The van der Waals surface area contributed by atoms with Crippen LogP contribution in [0.25, 0.3) is 0 Å². The van der Waals surface area contributed by atoms with Crippen molar-refractivity contribution in [1.29, 1.82) is 0 Å². The molecule has 0 saturated carbocycles. The Balaban J connectivity index is 0.000000505. The molecule has 0 fully saturated rings. The highest BCUT2D eigenvalue weighted by Gasteiger charge is 2.17. The van der Waals surface area contributed by atoms with E-state index in [1.54, 1.807) is 0 Å². The van der Waals surface area contributed by atoms with Gasteiger partial charge in [0.2, 0.25) is 5.04 Å². The molecule has 8 heteroatoms. The molecule has 0 bridgehead atoms. The van der Waals surface area contributed by atoms with Crippen LogP contribution >= 0.6 is 11.8 Å². The molecule has 0 saturated heterocycles. The summed E-state index contributed by atoms with van der Waals surface area (Å²) in [6.07, 6.45) is 2.34. The van der Waals surface area contributed by atoms with E-state index in [1.165, 1.54) is 41.4 Å². The zero-order chi connectivity index (χ0) is 18.2. The summed E-state index contributed by atoms with van der Waals surface area (Å²) in [5, 5.41) is 1.48. The van der Waals surface area contributed by atoms with Crippen LogP contribution in [0.15, 0.2) is 18.2 Å². The largest absolute Gasteiger partial charge is 0.493 e. The van der Waals surface area contributed by atoms with Gasteiger partial charge in [0.05, 0.1) is 12.4 Å². The number of aryl methyl sites for hydroxylation is 2. The highest BCUT2D eigenvalue weighted by molar-refractivity contribution is 8.13. The van der Waals surface area contributed by atoms with Gasteiger partial charge in [0, 0.05) is 13.3 Å². The summed E-state index contributed by atoms with van der Waals surface area (Å²) in [5.41, 5.74) is 2.47. The first-order chi connectivity index (χ1) is 11.2. The van der Waals surface area contributed by atoms with E-state index in [0.717, 1.165) is 18.8 Å². The van der Waals surface area contributed by atoms with Crippen molar-refractivity contribution in [3.8, 4) is 5.75 Å². The smallest absolute Gasteiger partial charge is 0.207 e. The SMILES string of the molecule is CC1=[N+](CCCCOc2c(C)cccc2C)CCS1.[O-][Cl+3]([O-])([O-])[O-]. The zero-order valence-electron chi connectivity index (χ0n) is 14.2. The zero-order valence-corrected chi connectivity index (χ0v) is 15.8. The molecule has 0 amide bonds. The van der Waals surface area contributed by atoms with Crippen LogP contribution in [0.3, 0.4) is 0 Å². The fourth-order valence-corrected chi connectivity index (χ4v) is 3.40. The van der Waals surface area contributed by atoms with Crippen LogP contribution in [0.1, 0.15) is 30.9 Å². The lowest BCUT2D eigenvalue weighted by Crippen LogP contribution is -2.68. The first-order valence-corrected chi connectivity index (χ1v) is 9.92. The minimum absolute atomic E-state index is 0.825. The fourth-order valence-electron chi connectivity index (χ4n) is 2.43. The van der Waals surface area contributed by atoms with Crippen LogP contribution < -0.4 is 23.4 Å². The van der Waals surface area contributed by atoms with E-state index in [2.05, 4.69) is 43.5 Å². The molecule has 0 spiro atoms. The topological polar surface area (TPSA) is 104 Å². The number of rotatable bonds is 6. The van der Waals surface area contributed by atoms with Gasteiger partial charge in [0.15, 0.2) is 6.54 Å². The Morgan fingerprint density at radius 2 is 1.67 bits per heavy atom. The summed E-state index contributed by atoms with van der Waals surface area (Å²) in [6, 6.07) is 6.31. The number of halogens is 1. The molecular formula is C16H24ClNO5S. The summed E-state index contributed by atoms with van der Waals surface area (Å²) in [5.74, 6) is 2.33. The molecule has 0 radical (unpaired) electrons. The number of para-hydroxylation sites is 1. The molecule has 1 heterocycles. The van der Waals surface area contributed by atoms with Crippen molar-refractivity contribution < 1.29 is 38.2 Å². The fraction of sp³-hybridized carbons (Fsp3) is 0.562. The van der Waals surface area contributed by atoms with Crippen molar-refractivity contribution in [3.63, 3.8) is 0 Å². The van der Waals surface area contributed by atoms with Gasteiger partial charge in [-0.1, -0.05) is 30.0 Å². The number of hydrogen-bond donors (Lipinski definition) is 0. The van der Waals surface area contributed by atoms with Crippen LogP contribution in [0.5, 0.6) is 5.75 Å². The Kier molecular flexibility index (Phi) is 9.04. The minimum atomic E-state index is -4.94. The standard InChI is InChI=1S/C16H24NOS.ClHO4/c1-13-7-6-8-14(2)16(13)18-11-5-4-9-17-10-12-19-15(17)3;2-1(3,4)5/h6-8H,4-5,9-12H2,1-3H3;(H,2,3,4,5)/q+1;/p-1. The molecule has 24 heavy (non-hydrogen) atoms. The molecule has 1 aliphatic rings. The highest BCUT2D eigenvalue weighted by atomic mass is 35.7. The van der Waals surface area contributed by atoms with E-state index >= 15 is 0 Å². The summed E-state index contributed by atoms with van der Waals surface area (Å²) in [6.45, 7) is 9.67. The van der Waals surface area contributed by atoms with Crippen LogP contribution in [0.2, 0.25) is 0 Å². The maximum atomic E-state index is 8.49. The van der Waals surface area contributed by atoms with Crippen molar-refractivity contribution in [2.75, 3.05) is 25.4 Å². The second kappa shape index (κ2) is 10.2. The van der Waals surface area contributed by atoms with Crippen LogP contribution in [0, 0.1) is 24.1 Å². The number of nitrogens with zero attached hydrogens (tertiary/aromatic N) is 1. The summed E-state index contributed by atoms with van der Waals surface area (Å²) < 4.78 is 42.4. The van der Waals surface area contributed by atoms with E-state index in [9.17, 15) is 0 Å². The van der Waals surface area contributed by atoms with Gasteiger partial charge in [-0.2, -0.15) is 0 Å². The van der Waals surface area contributed by atoms with E-state index in [1.807, 2.05) is 11.8 Å². The van der Waals surface area contributed by atoms with Crippen molar-refractivity contribution in [3.05, 3.63) is 29.3 Å². The number of benzene rings is 1. The molecule has 136 valence electrons. The molecule has 1 aromatic rings. The van der Waals surface area contributed by atoms with E-state index < -0.39 is 10.2 Å². The van der Waals surface area contributed by atoms with E-state index in [-0.39, 0.29) is 0 Å². The Morgan fingerprint density at radius 3 is 2.17 bits per heavy atom. The van der Waals surface area contributed by atoms with Gasteiger partial charge < -0.3 is 4.74 Å². The van der Waals surface area contributed by atoms with Crippen molar-refractivity contribution in [2.45, 2.75) is 33.6 Å². The highest BCUT2D eigenvalue weighted by Crippen LogP contribution is 2.22. The van der Waals surface area contributed by atoms with Gasteiger partial charge in [0.1, 0.15) is 12.3 Å². The van der Waals surface area contributed by atoms with Gasteiger partial charge in [-0.25, -0.2) is 23.2 Å². The second-order valence-electron chi connectivity index (χ2n) is 5.51. The van der Waals surface area contributed by atoms with Crippen molar-refractivity contribution >= 4 is 16.8 Å². The van der Waals surface area contributed by atoms with Crippen molar-refractivity contribution in [1.82, 2.24) is 0 Å². The molecule has 6 nitrogen and oxygen atoms in total. The molecule has 0 atom stereocenters. The normalized spacial score (nSPS) is 14.5. The van der Waals surface area contributed by atoms with E-state index in [0.29, 0.717) is 0 Å². The lowest BCUT2D eigenvalue weighted by Gasteiger charge is -2.17. The third-order valence-electron chi connectivity index (χ3n) is 3.60. The average molecular weight is 378 g/mol. The molecular weight excluding hydrogens is 354 g/mol. The summed E-state index contributed by atoms with van der Waals surface area (Å²) >= 11 is 1.98. The maximum absolute atomic E-state index is 8.49. The first-order valence-electron chi connectivity index (χ1n) is 7.70. The lowest BCUT2D eigenvalue weighted by atomic mass is 10.1. The van der Waals surface area contributed by atoms with Crippen LogP contribution in [-0.4, -0.2) is 35.1 Å². The lowest BCUT2D eigenvalue weighted by molar-refractivity contribution is -2.00. The maximum Gasteiger partial charge on any atom is 0.207 e. The number of unbranched alkanes of at least 4 members (excludes halogenated alkanes) is 1. The van der Waals surface area contributed by atoms with Crippen LogP contribution in [0.4, 0.5) is 0 Å². The number of hydrogen-bond acceptors (Lipinski definition) is 6. The Morgan fingerprint density at radius 1 is 1.08 bits per heavy atom. The van der Waals surface area contributed by atoms with Gasteiger partial charge in [-0.05, 0) is 31.4 Å². The molecule has 0 aromatic heterocycles. The van der Waals surface area contributed by atoms with Gasteiger partial charge in [0.25, 0.3) is 0 Å². The molecule has 2 rings (SSSR count). The van der Waals surface area contributed by atoms with Gasteiger partial charge in [-0.15, -0.1) is 10.2 Å². The third-order valence-corrected chi connectivity index (χ3v) is 4.66. The molecule has 0 aliphatic carbocycles. The van der Waals surface area contributed by atoms with E-state index in [4.69, 9.17) is 23.4 Å². The average Bonchev–Trinajstić information content (AvgIpc) is 2.85. The first kappa shape index (κ1) is 21.2. The third kappa shape index (κ3) is 8.86. The Labute approximate surface area is 149 Å². The molecule has 0 unspecified atom stereocenters. The monoisotopic (exact) mass is 377 g/mol. The summed E-state index contributed by atoms with van der Waals surface area (Å²) in [4.78, 5) is 0. The quantitative estimate of drug-likeness (QED) is 0.459. The summed E-state index contributed by atoms with van der Waals surface area (Å²) in [7, 11) is -4.94. The van der Waals surface area contributed by atoms with Gasteiger partial charge >= 0.3 is 0 Å². The number of thioether (sulfide) groups is 1. The van der Waals surface area contributed by atoms with Crippen molar-refractivity contribution in [2.24, 2.45) is 0 Å². The molecule has 1 aromatic carbocycles. The Bertz CT molecular complexity index is 534. The van der Waals surface area contributed by atoms with Gasteiger partial charge in [-0.3, -0.25) is 0 Å². The minimum Gasteiger partial charge on any atom is -0.493 e. The predicted molar refractivity (Wildman–Crippen MR) is 83.8 cm³/mol. The molecule has 0 N–H and O–H groups in total. The predicted octanol–water partition coefficient (Wildman–Crippen LogP) is -1.12. The second-order valence-corrected chi connectivity index (χ2v) is 7.55. The number of ether oxygens (including phenoxy) is 1.